The first-order chi connectivity index (χ1) is 8.81. The number of hydrogen-bond acceptors (Lipinski definition) is 2. The van der Waals surface area contributed by atoms with Crippen LogP contribution in [0.15, 0.2) is 30.3 Å². The van der Waals surface area contributed by atoms with Gasteiger partial charge in [0.2, 0.25) is 0 Å². The van der Waals surface area contributed by atoms with Crippen molar-refractivity contribution in [2.45, 2.75) is 51.6 Å². The SMILES string of the molecule is CC(CN(C)C)NC(C)CC(C)(C)c1ccccc1. The van der Waals surface area contributed by atoms with E-state index in [-0.39, 0.29) is 5.41 Å². The van der Waals surface area contributed by atoms with Crippen LogP contribution in [0.5, 0.6) is 0 Å². The Balaban J connectivity index is 2.53. The third-order valence-corrected chi connectivity index (χ3v) is 3.58. The first-order valence-corrected chi connectivity index (χ1v) is 7.27. The van der Waals surface area contributed by atoms with Crippen LogP contribution in [-0.2, 0) is 5.41 Å². The Hall–Kier alpha value is -0.860. The fraction of sp³-hybridized carbons (Fsp3) is 0.647. The highest BCUT2D eigenvalue weighted by Gasteiger charge is 2.23. The Morgan fingerprint density at radius 1 is 1.05 bits per heavy atom. The number of benzene rings is 1. The standard InChI is InChI=1S/C17H30N2/c1-14(18-15(2)13-19(5)6)12-17(3,4)16-10-8-7-9-11-16/h7-11,14-15,18H,12-13H2,1-6H3. The van der Waals surface area contributed by atoms with Crippen LogP contribution in [0.4, 0.5) is 0 Å². The van der Waals surface area contributed by atoms with Gasteiger partial charge in [-0.25, -0.2) is 0 Å². The molecule has 0 amide bonds. The molecular weight excluding hydrogens is 232 g/mol. The van der Waals surface area contributed by atoms with Gasteiger partial charge >= 0.3 is 0 Å². The smallest absolute Gasteiger partial charge is 0.0168 e. The molecule has 0 saturated carbocycles. The molecule has 1 N–H and O–H groups in total. The highest BCUT2D eigenvalue weighted by Crippen LogP contribution is 2.28. The number of nitrogens with one attached hydrogen (secondary N) is 1. The predicted molar refractivity (Wildman–Crippen MR) is 84.7 cm³/mol. The van der Waals surface area contributed by atoms with Gasteiger partial charge in [-0.15, -0.1) is 0 Å². The van der Waals surface area contributed by atoms with E-state index in [4.69, 9.17) is 0 Å². The minimum atomic E-state index is 0.214. The number of rotatable bonds is 7. The highest BCUT2D eigenvalue weighted by molar-refractivity contribution is 5.23. The maximum Gasteiger partial charge on any atom is 0.0168 e. The largest absolute Gasteiger partial charge is 0.310 e. The Kier molecular flexibility index (Phi) is 6.02. The van der Waals surface area contributed by atoms with Gasteiger partial charge in [0, 0.05) is 18.6 Å². The van der Waals surface area contributed by atoms with E-state index in [0.29, 0.717) is 12.1 Å². The quantitative estimate of drug-likeness (QED) is 0.811. The average molecular weight is 262 g/mol. The van der Waals surface area contributed by atoms with Crippen LogP contribution in [0.2, 0.25) is 0 Å². The van der Waals surface area contributed by atoms with Crippen LogP contribution in [0.25, 0.3) is 0 Å². The van der Waals surface area contributed by atoms with E-state index in [2.05, 4.69) is 82.3 Å². The zero-order valence-corrected chi connectivity index (χ0v) is 13.4. The van der Waals surface area contributed by atoms with Gasteiger partial charge in [-0.05, 0) is 45.3 Å². The van der Waals surface area contributed by atoms with Crippen molar-refractivity contribution in [2.75, 3.05) is 20.6 Å². The van der Waals surface area contributed by atoms with Crippen LogP contribution in [0.1, 0.15) is 39.7 Å². The van der Waals surface area contributed by atoms with Crippen LogP contribution < -0.4 is 5.32 Å². The maximum atomic E-state index is 3.70. The summed E-state index contributed by atoms with van der Waals surface area (Å²) in [6, 6.07) is 11.8. The normalized spacial score (nSPS) is 15.5. The van der Waals surface area contributed by atoms with Crippen molar-refractivity contribution in [3.63, 3.8) is 0 Å². The molecule has 0 saturated heterocycles. The Morgan fingerprint density at radius 3 is 2.16 bits per heavy atom. The first-order valence-electron chi connectivity index (χ1n) is 7.27. The zero-order chi connectivity index (χ0) is 14.5. The van der Waals surface area contributed by atoms with Gasteiger partial charge < -0.3 is 10.2 Å². The maximum absolute atomic E-state index is 3.70. The van der Waals surface area contributed by atoms with Crippen molar-refractivity contribution in [2.24, 2.45) is 0 Å². The summed E-state index contributed by atoms with van der Waals surface area (Å²) in [4.78, 5) is 2.23. The zero-order valence-electron chi connectivity index (χ0n) is 13.4. The van der Waals surface area contributed by atoms with Crippen molar-refractivity contribution < 1.29 is 0 Å². The molecule has 2 unspecified atom stereocenters. The van der Waals surface area contributed by atoms with Crippen molar-refractivity contribution in [1.82, 2.24) is 10.2 Å². The predicted octanol–water partition coefficient (Wildman–Crippen LogP) is 3.28. The van der Waals surface area contributed by atoms with E-state index in [1.807, 2.05) is 0 Å². The van der Waals surface area contributed by atoms with Gasteiger partial charge in [0.25, 0.3) is 0 Å². The van der Waals surface area contributed by atoms with Crippen molar-refractivity contribution >= 4 is 0 Å². The van der Waals surface area contributed by atoms with Crippen molar-refractivity contribution in [3.8, 4) is 0 Å². The molecule has 2 heteroatoms. The number of hydrogen-bond donors (Lipinski definition) is 1. The number of likely N-dealkylation sites (N-methyl/N-ethyl adjacent to an activating group) is 1. The first kappa shape index (κ1) is 16.2. The van der Waals surface area contributed by atoms with E-state index in [9.17, 15) is 0 Å². The monoisotopic (exact) mass is 262 g/mol. The lowest BCUT2D eigenvalue weighted by atomic mass is 9.79. The Bertz CT molecular complexity index is 357. The van der Waals surface area contributed by atoms with Crippen molar-refractivity contribution in [3.05, 3.63) is 35.9 Å². The summed E-state index contributed by atoms with van der Waals surface area (Å²) in [5.74, 6) is 0. The molecule has 0 aromatic heterocycles. The van der Waals surface area contributed by atoms with E-state index < -0.39 is 0 Å². The van der Waals surface area contributed by atoms with Gasteiger partial charge in [-0.3, -0.25) is 0 Å². The lowest BCUT2D eigenvalue weighted by Crippen LogP contribution is -2.43. The molecule has 1 aromatic carbocycles. The van der Waals surface area contributed by atoms with E-state index >= 15 is 0 Å². The minimum Gasteiger partial charge on any atom is -0.310 e. The fourth-order valence-corrected chi connectivity index (χ4v) is 2.92. The molecule has 0 fully saturated rings. The molecule has 2 atom stereocenters. The molecule has 0 aliphatic rings. The molecule has 0 aliphatic heterocycles. The minimum absolute atomic E-state index is 0.214. The second-order valence-corrected chi connectivity index (χ2v) is 6.69. The van der Waals surface area contributed by atoms with E-state index in [1.54, 1.807) is 0 Å². The summed E-state index contributed by atoms with van der Waals surface area (Å²) >= 11 is 0. The topological polar surface area (TPSA) is 15.3 Å². The van der Waals surface area contributed by atoms with Crippen LogP contribution >= 0.6 is 0 Å². The second kappa shape index (κ2) is 7.06. The molecular formula is C17H30N2. The third-order valence-electron chi connectivity index (χ3n) is 3.58. The van der Waals surface area contributed by atoms with Crippen LogP contribution in [0.3, 0.4) is 0 Å². The molecule has 19 heavy (non-hydrogen) atoms. The molecule has 108 valence electrons. The lowest BCUT2D eigenvalue weighted by molar-refractivity contribution is 0.307. The fourth-order valence-electron chi connectivity index (χ4n) is 2.92. The summed E-state index contributed by atoms with van der Waals surface area (Å²) < 4.78 is 0. The van der Waals surface area contributed by atoms with Gasteiger partial charge in [0.05, 0.1) is 0 Å². The molecule has 0 radical (unpaired) electrons. The van der Waals surface area contributed by atoms with Gasteiger partial charge in [-0.1, -0.05) is 44.2 Å². The molecule has 2 nitrogen and oxygen atoms in total. The molecule has 0 aliphatic carbocycles. The average Bonchev–Trinajstić information content (AvgIpc) is 2.27. The number of nitrogens with zero attached hydrogens (tertiary/aromatic N) is 1. The van der Waals surface area contributed by atoms with Crippen LogP contribution in [0, 0.1) is 0 Å². The summed E-state index contributed by atoms with van der Waals surface area (Å²) in [6.07, 6.45) is 1.15. The summed E-state index contributed by atoms with van der Waals surface area (Å²) in [6.45, 7) is 10.3. The highest BCUT2D eigenvalue weighted by atomic mass is 15.1. The summed E-state index contributed by atoms with van der Waals surface area (Å²) in [7, 11) is 4.24. The Labute approximate surface area is 119 Å². The van der Waals surface area contributed by atoms with Gasteiger partial charge in [-0.2, -0.15) is 0 Å². The molecule has 0 spiro atoms. The molecule has 0 bridgehead atoms. The van der Waals surface area contributed by atoms with E-state index in [1.165, 1.54) is 5.56 Å². The molecule has 1 aromatic rings. The summed E-state index contributed by atoms with van der Waals surface area (Å²) in [5.41, 5.74) is 1.63. The van der Waals surface area contributed by atoms with Crippen LogP contribution in [-0.4, -0.2) is 37.6 Å². The Morgan fingerprint density at radius 2 is 1.63 bits per heavy atom. The van der Waals surface area contributed by atoms with Crippen molar-refractivity contribution in [1.29, 1.82) is 0 Å². The third kappa shape index (κ3) is 5.75. The lowest BCUT2D eigenvalue weighted by Gasteiger charge is -2.31. The molecule has 1 rings (SSSR count). The van der Waals surface area contributed by atoms with Gasteiger partial charge in [0.1, 0.15) is 0 Å². The van der Waals surface area contributed by atoms with E-state index in [0.717, 1.165) is 13.0 Å². The summed E-state index contributed by atoms with van der Waals surface area (Å²) in [5, 5.41) is 3.70. The second-order valence-electron chi connectivity index (χ2n) is 6.69. The molecule has 0 heterocycles. The van der Waals surface area contributed by atoms with Gasteiger partial charge in [0.15, 0.2) is 0 Å².